The molecule has 1 aromatic heterocycles. The fourth-order valence-electron chi connectivity index (χ4n) is 3.35. The quantitative estimate of drug-likeness (QED) is 0.435. The van der Waals surface area contributed by atoms with Crippen molar-refractivity contribution in [1.82, 2.24) is 4.98 Å². The minimum absolute atomic E-state index is 0.156. The van der Waals surface area contributed by atoms with Gasteiger partial charge in [0.15, 0.2) is 11.5 Å². The van der Waals surface area contributed by atoms with Crippen molar-refractivity contribution in [3.05, 3.63) is 43.6 Å². The number of fused-ring (bicyclic) bond motifs is 2. The smallest absolute Gasteiger partial charge is 0.201 e. The molecule has 23 heavy (non-hydrogen) atoms. The van der Waals surface area contributed by atoms with E-state index >= 15 is 0 Å². The third-order valence-corrected chi connectivity index (χ3v) is 5.40. The number of rotatable bonds is 0. The maximum Gasteiger partial charge on any atom is 0.201 e. The number of phenolic OH excluding ortho intramolecular Hbond substituents is 2. The molecule has 0 bridgehead atoms. The van der Waals surface area contributed by atoms with Crippen LogP contribution in [0.5, 0.6) is 11.5 Å². The lowest BCUT2D eigenvalue weighted by atomic mass is 9.92. The molecule has 0 aliphatic rings. The number of aromatic amines is 1. The van der Waals surface area contributed by atoms with Crippen molar-refractivity contribution in [2.75, 3.05) is 0 Å². The van der Waals surface area contributed by atoms with Crippen LogP contribution < -0.4 is 5.43 Å². The summed E-state index contributed by atoms with van der Waals surface area (Å²) in [7, 11) is 0. The Morgan fingerprint density at radius 2 is 1.09 bits per heavy atom. The Morgan fingerprint density at radius 1 is 0.609 bits per heavy atom. The lowest BCUT2D eigenvalue weighted by Gasteiger charge is -2.17. The maximum absolute atomic E-state index is 13.1. The van der Waals surface area contributed by atoms with Gasteiger partial charge in [0.25, 0.3) is 0 Å². The summed E-state index contributed by atoms with van der Waals surface area (Å²) in [5.41, 5.74) is 6.66. The van der Waals surface area contributed by atoms with Crippen molar-refractivity contribution in [3.8, 4) is 11.5 Å². The Hall–Kier alpha value is -2.49. The number of pyridine rings is 1. The number of phenols is 2. The van der Waals surface area contributed by atoms with Crippen LogP contribution in [-0.4, -0.2) is 15.2 Å². The molecule has 3 aromatic rings. The summed E-state index contributed by atoms with van der Waals surface area (Å²) < 4.78 is 0. The summed E-state index contributed by atoms with van der Waals surface area (Å²) in [4.78, 5) is 16.4. The molecule has 0 spiro atoms. The topological polar surface area (TPSA) is 73.3 Å². The van der Waals surface area contributed by atoms with E-state index in [2.05, 4.69) is 4.98 Å². The number of nitrogens with one attached hydrogen (secondary N) is 1. The molecule has 0 aliphatic carbocycles. The van der Waals surface area contributed by atoms with Gasteiger partial charge in [0.2, 0.25) is 5.43 Å². The average Bonchev–Trinajstić information content (AvgIpc) is 2.53. The van der Waals surface area contributed by atoms with E-state index < -0.39 is 0 Å². The van der Waals surface area contributed by atoms with Crippen LogP contribution in [0, 0.1) is 41.5 Å². The van der Waals surface area contributed by atoms with E-state index in [0.717, 1.165) is 33.3 Å². The highest BCUT2D eigenvalue weighted by molar-refractivity contribution is 6.01. The Balaban J connectivity index is 2.77. The van der Waals surface area contributed by atoms with Gasteiger partial charge >= 0.3 is 0 Å². The molecule has 0 aliphatic heterocycles. The first kappa shape index (κ1) is 15.4. The molecule has 0 unspecified atom stereocenters. The third-order valence-electron chi connectivity index (χ3n) is 5.40. The largest absolute Gasteiger partial charge is 0.504 e. The van der Waals surface area contributed by atoms with Gasteiger partial charge in [-0.1, -0.05) is 0 Å². The van der Waals surface area contributed by atoms with Crippen LogP contribution in [0.2, 0.25) is 0 Å². The molecule has 3 rings (SSSR count). The maximum atomic E-state index is 13.1. The normalized spacial score (nSPS) is 11.6. The van der Waals surface area contributed by atoms with Crippen LogP contribution in [0.25, 0.3) is 21.8 Å². The standard InChI is InChI=1S/C19H21NO3/c1-7-8(2)10(4)15-13(9(7)3)18(22)14-16(20-15)11(5)12(6)17(21)19(14)23/h21,23H,1-6H3,(H,20,22). The first-order valence-corrected chi connectivity index (χ1v) is 7.65. The van der Waals surface area contributed by atoms with Crippen molar-refractivity contribution < 1.29 is 10.2 Å². The number of benzene rings is 2. The molecule has 4 heteroatoms. The van der Waals surface area contributed by atoms with E-state index in [0.29, 0.717) is 16.5 Å². The van der Waals surface area contributed by atoms with Crippen LogP contribution >= 0.6 is 0 Å². The Bertz CT molecular complexity index is 978. The monoisotopic (exact) mass is 311 g/mol. The van der Waals surface area contributed by atoms with Crippen molar-refractivity contribution >= 4 is 21.8 Å². The molecule has 3 N–H and O–H groups in total. The van der Waals surface area contributed by atoms with E-state index in [9.17, 15) is 15.0 Å². The Morgan fingerprint density at radius 3 is 1.70 bits per heavy atom. The van der Waals surface area contributed by atoms with Gasteiger partial charge in [0.1, 0.15) is 0 Å². The molecule has 0 saturated heterocycles. The van der Waals surface area contributed by atoms with E-state index in [1.807, 2.05) is 34.6 Å². The van der Waals surface area contributed by atoms with Crippen molar-refractivity contribution in [1.29, 1.82) is 0 Å². The van der Waals surface area contributed by atoms with E-state index in [1.165, 1.54) is 0 Å². The summed E-state index contributed by atoms with van der Waals surface area (Å²) in [6.45, 7) is 11.5. The van der Waals surface area contributed by atoms with Crippen LogP contribution in [0.3, 0.4) is 0 Å². The van der Waals surface area contributed by atoms with Gasteiger partial charge in [-0.2, -0.15) is 0 Å². The lowest BCUT2D eigenvalue weighted by Crippen LogP contribution is -2.10. The molecule has 1 heterocycles. The third kappa shape index (κ3) is 1.81. The van der Waals surface area contributed by atoms with Crippen LogP contribution in [0.1, 0.15) is 33.4 Å². The number of aryl methyl sites for hydroxylation is 3. The van der Waals surface area contributed by atoms with Gasteiger partial charge in [0, 0.05) is 5.39 Å². The fourth-order valence-corrected chi connectivity index (χ4v) is 3.35. The minimum atomic E-state index is -0.346. The average molecular weight is 311 g/mol. The zero-order chi connectivity index (χ0) is 17.2. The molecule has 120 valence electrons. The van der Waals surface area contributed by atoms with Crippen molar-refractivity contribution in [2.45, 2.75) is 41.5 Å². The van der Waals surface area contributed by atoms with Crippen molar-refractivity contribution in [3.63, 3.8) is 0 Å². The molecular weight excluding hydrogens is 290 g/mol. The Kier molecular flexibility index (Phi) is 3.18. The molecule has 0 fully saturated rings. The van der Waals surface area contributed by atoms with E-state index in [-0.39, 0.29) is 22.3 Å². The van der Waals surface area contributed by atoms with E-state index in [4.69, 9.17) is 0 Å². The fraction of sp³-hybridized carbons (Fsp3) is 0.316. The van der Waals surface area contributed by atoms with Gasteiger partial charge in [0.05, 0.1) is 16.4 Å². The first-order chi connectivity index (χ1) is 10.7. The number of hydrogen-bond acceptors (Lipinski definition) is 3. The SMILES string of the molecule is Cc1c(C)c(C)c2c(=O)c3c(O)c(O)c(C)c(C)c3[nH]c2c1C. The van der Waals surface area contributed by atoms with Crippen LogP contribution in [0.15, 0.2) is 4.79 Å². The highest BCUT2D eigenvalue weighted by atomic mass is 16.3. The number of hydrogen-bond donors (Lipinski definition) is 3. The van der Waals surface area contributed by atoms with E-state index in [1.54, 1.807) is 6.92 Å². The summed E-state index contributed by atoms with van der Waals surface area (Å²) in [5, 5.41) is 21.2. The molecule has 4 nitrogen and oxygen atoms in total. The molecule has 0 atom stereocenters. The second-order valence-electron chi connectivity index (χ2n) is 6.40. The van der Waals surface area contributed by atoms with Crippen LogP contribution in [-0.2, 0) is 0 Å². The van der Waals surface area contributed by atoms with Gasteiger partial charge in [-0.05, 0) is 74.9 Å². The van der Waals surface area contributed by atoms with Crippen LogP contribution in [0.4, 0.5) is 0 Å². The molecule has 2 aromatic carbocycles. The molecule has 0 saturated carbocycles. The molecule has 0 radical (unpaired) electrons. The van der Waals surface area contributed by atoms with Gasteiger partial charge in [-0.25, -0.2) is 0 Å². The van der Waals surface area contributed by atoms with Gasteiger partial charge in [-0.3, -0.25) is 4.79 Å². The Labute approximate surface area is 134 Å². The predicted octanol–water partition coefficient (Wildman–Crippen LogP) is 3.94. The first-order valence-electron chi connectivity index (χ1n) is 7.65. The lowest BCUT2D eigenvalue weighted by molar-refractivity contribution is 0.405. The summed E-state index contributed by atoms with van der Waals surface area (Å²) in [6, 6.07) is 0. The summed E-state index contributed by atoms with van der Waals surface area (Å²) in [6.07, 6.45) is 0. The summed E-state index contributed by atoms with van der Waals surface area (Å²) in [5.74, 6) is -0.570. The number of H-pyrrole nitrogens is 1. The highest BCUT2D eigenvalue weighted by Crippen LogP contribution is 2.39. The summed E-state index contributed by atoms with van der Waals surface area (Å²) >= 11 is 0. The highest BCUT2D eigenvalue weighted by Gasteiger charge is 2.21. The zero-order valence-electron chi connectivity index (χ0n) is 14.3. The predicted molar refractivity (Wildman–Crippen MR) is 93.8 cm³/mol. The number of aromatic nitrogens is 1. The molecule has 0 amide bonds. The second kappa shape index (κ2) is 4.75. The van der Waals surface area contributed by atoms with Gasteiger partial charge < -0.3 is 15.2 Å². The minimum Gasteiger partial charge on any atom is -0.504 e. The second-order valence-corrected chi connectivity index (χ2v) is 6.40. The number of aromatic hydroxyl groups is 2. The molecular formula is C19H21NO3. The van der Waals surface area contributed by atoms with Crippen molar-refractivity contribution in [2.24, 2.45) is 0 Å². The van der Waals surface area contributed by atoms with Gasteiger partial charge in [-0.15, -0.1) is 0 Å². The zero-order valence-corrected chi connectivity index (χ0v) is 14.3.